The lowest BCUT2D eigenvalue weighted by Crippen LogP contribution is -2.45. The average molecular weight is 339 g/mol. The van der Waals surface area contributed by atoms with E-state index in [9.17, 15) is 14.7 Å². The summed E-state index contributed by atoms with van der Waals surface area (Å²) >= 11 is 3.17. The van der Waals surface area contributed by atoms with Crippen LogP contribution >= 0.6 is 15.9 Å². The minimum Gasteiger partial charge on any atom is -0.481 e. The highest BCUT2D eigenvalue weighted by Gasteiger charge is 2.32. The van der Waals surface area contributed by atoms with Crippen molar-refractivity contribution in [1.82, 2.24) is 10.2 Å². The Balaban J connectivity index is 2.18. The molecule has 1 aromatic carbocycles. The molecule has 0 aromatic heterocycles. The largest absolute Gasteiger partial charge is 0.481 e. The number of carboxylic acids is 1. The summed E-state index contributed by atoms with van der Waals surface area (Å²) in [5, 5.41) is 12.0. The van der Waals surface area contributed by atoms with Crippen LogP contribution in [0.3, 0.4) is 0 Å². The number of benzene rings is 1. The van der Waals surface area contributed by atoms with Crippen LogP contribution in [0.5, 0.6) is 0 Å². The zero-order chi connectivity index (χ0) is 14.7. The third-order valence-corrected chi connectivity index (χ3v) is 3.49. The lowest BCUT2D eigenvalue weighted by molar-refractivity contribution is -0.139. The fourth-order valence-corrected chi connectivity index (χ4v) is 2.40. The predicted molar refractivity (Wildman–Crippen MR) is 78.7 cm³/mol. The first-order valence-electron chi connectivity index (χ1n) is 6.15. The van der Waals surface area contributed by atoms with E-state index < -0.39 is 11.9 Å². The van der Waals surface area contributed by atoms with Gasteiger partial charge in [-0.2, -0.15) is 0 Å². The quantitative estimate of drug-likeness (QED) is 0.888. The second kappa shape index (κ2) is 6.09. The molecule has 5 nitrogen and oxygen atoms in total. The van der Waals surface area contributed by atoms with Gasteiger partial charge in [-0.15, -0.1) is 0 Å². The van der Waals surface area contributed by atoms with E-state index in [1.807, 2.05) is 24.3 Å². The van der Waals surface area contributed by atoms with Gasteiger partial charge in [-0.3, -0.25) is 4.79 Å². The Hall–Kier alpha value is -1.82. The molecule has 1 heterocycles. The Morgan fingerprint density at radius 3 is 2.80 bits per heavy atom. The maximum absolute atomic E-state index is 12.0. The van der Waals surface area contributed by atoms with E-state index in [4.69, 9.17) is 0 Å². The van der Waals surface area contributed by atoms with E-state index in [-0.39, 0.29) is 12.6 Å². The summed E-state index contributed by atoms with van der Waals surface area (Å²) in [4.78, 5) is 24.9. The minimum absolute atomic E-state index is 0.174. The van der Waals surface area contributed by atoms with Crippen molar-refractivity contribution in [3.05, 3.63) is 46.5 Å². The van der Waals surface area contributed by atoms with Gasteiger partial charge in [-0.25, -0.2) is 4.79 Å². The van der Waals surface area contributed by atoms with Crippen LogP contribution in [-0.4, -0.2) is 35.1 Å². The molecule has 0 fully saturated rings. The SMILES string of the molecule is C=C(Br)CNC(=O)N1Cc2ccccc2C(C(=O)O)C1. The lowest BCUT2D eigenvalue weighted by Gasteiger charge is -2.32. The molecule has 0 bridgehead atoms. The molecule has 0 radical (unpaired) electrons. The third kappa shape index (κ3) is 3.19. The van der Waals surface area contributed by atoms with E-state index in [0.717, 1.165) is 11.1 Å². The van der Waals surface area contributed by atoms with Crippen molar-refractivity contribution in [2.45, 2.75) is 12.5 Å². The van der Waals surface area contributed by atoms with Crippen LogP contribution in [0.25, 0.3) is 0 Å². The summed E-state index contributed by atoms with van der Waals surface area (Å²) in [7, 11) is 0. The number of fused-ring (bicyclic) bond motifs is 1. The van der Waals surface area contributed by atoms with Gasteiger partial charge in [0.05, 0.1) is 12.5 Å². The third-order valence-electron chi connectivity index (χ3n) is 3.21. The first-order valence-corrected chi connectivity index (χ1v) is 6.95. The monoisotopic (exact) mass is 338 g/mol. The maximum atomic E-state index is 12.0. The maximum Gasteiger partial charge on any atom is 0.318 e. The molecule has 106 valence electrons. The van der Waals surface area contributed by atoms with Crippen LogP contribution in [0.2, 0.25) is 0 Å². The number of carboxylic acid groups (broad SMARTS) is 1. The molecule has 0 saturated heterocycles. The summed E-state index contributed by atoms with van der Waals surface area (Å²) < 4.78 is 0.665. The molecule has 20 heavy (non-hydrogen) atoms. The number of halogens is 1. The number of urea groups is 1. The number of nitrogens with zero attached hydrogens (tertiary/aromatic N) is 1. The summed E-state index contributed by atoms with van der Waals surface area (Å²) in [6, 6.07) is 7.04. The van der Waals surface area contributed by atoms with Gasteiger partial charge in [-0.05, 0) is 11.1 Å². The minimum atomic E-state index is -0.917. The van der Waals surface area contributed by atoms with Crippen LogP contribution < -0.4 is 5.32 Å². The van der Waals surface area contributed by atoms with Crippen molar-refractivity contribution in [3.8, 4) is 0 Å². The van der Waals surface area contributed by atoms with Crippen molar-refractivity contribution in [1.29, 1.82) is 0 Å². The van der Waals surface area contributed by atoms with E-state index in [1.165, 1.54) is 4.90 Å². The second-order valence-corrected chi connectivity index (χ2v) is 5.77. The van der Waals surface area contributed by atoms with Gasteiger partial charge < -0.3 is 15.3 Å². The molecular formula is C14H15BrN2O3. The number of amides is 2. The van der Waals surface area contributed by atoms with Gasteiger partial charge in [-0.1, -0.05) is 46.8 Å². The van der Waals surface area contributed by atoms with E-state index in [2.05, 4.69) is 27.8 Å². The first kappa shape index (κ1) is 14.6. The topological polar surface area (TPSA) is 69.6 Å². The second-order valence-electron chi connectivity index (χ2n) is 4.65. The summed E-state index contributed by atoms with van der Waals surface area (Å²) in [5.74, 6) is -1.60. The standard InChI is InChI=1S/C14H15BrN2O3/c1-9(15)6-16-14(20)17-7-10-4-2-3-5-11(10)12(8-17)13(18)19/h2-5,12H,1,6-8H2,(H,16,20)(H,18,19). The zero-order valence-corrected chi connectivity index (χ0v) is 12.4. The van der Waals surface area contributed by atoms with Crippen LogP contribution in [0.4, 0.5) is 4.79 Å². The van der Waals surface area contributed by atoms with E-state index >= 15 is 0 Å². The number of carbonyl (C=O) groups is 2. The Labute approximate surface area is 125 Å². The number of carbonyl (C=O) groups excluding carboxylic acids is 1. The fourth-order valence-electron chi connectivity index (χ4n) is 2.26. The van der Waals surface area contributed by atoms with Gasteiger partial charge >= 0.3 is 12.0 Å². The van der Waals surface area contributed by atoms with Crippen molar-refractivity contribution >= 4 is 27.9 Å². The fraction of sp³-hybridized carbons (Fsp3) is 0.286. The predicted octanol–water partition coefficient (Wildman–Crippen LogP) is 2.29. The molecule has 1 aliphatic heterocycles. The normalized spacial score (nSPS) is 17.2. The molecule has 1 aromatic rings. The van der Waals surface area contributed by atoms with Crippen molar-refractivity contribution in [2.24, 2.45) is 0 Å². The number of nitrogens with one attached hydrogen (secondary N) is 1. The van der Waals surface area contributed by atoms with Crippen LogP contribution in [-0.2, 0) is 11.3 Å². The Bertz CT molecular complexity index is 559. The van der Waals surface area contributed by atoms with E-state index in [1.54, 1.807) is 0 Å². The molecule has 2 amide bonds. The van der Waals surface area contributed by atoms with Crippen molar-refractivity contribution in [3.63, 3.8) is 0 Å². The van der Waals surface area contributed by atoms with Gasteiger partial charge in [0, 0.05) is 17.6 Å². The summed E-state index contributed by atoms with van der Waals surface area (Å²) in [6.07, 6.45) is 0. The number of aliphatic carboxylic acids is 1. The van der Waals surface area contributed by atoms with Gasteiger partial charge in [0.15, 0.2) is 0 Å². The van der Waals surface area contributed by atoms with Gasteiger partial charge in [0.2, 0.25) is 0 Å². The Morgan fingerprint density at radius 1 is 1.45 bits per heavy atom. The highest BCUT2D eigenvalue weighted by atomic mass is 79.9. The molecule has 1 atom stereocenters. The first-order chi connectivity index (χ1) is 9.49. The van der Waals surface area contributed by atoms with Gasteiger partial charge in [0.25, 0.3) is 0 Å². The number of hydrogen-bond donors (Lipinski definition) is 2. The van der Waals surface area contributed by atoms with Gasteiger partial charge in [0.1, 0.15) is 0 Å². The Kier molecular flexibility index (Phi) is 4.44. The molecule has 0 aliphatic carbocycles. The molecule has 0 spiro atoms. The lowest BCUT2D eigenvalue weighted by atomic mass is 9.90. The van der Waals surface area contributed by atoms with Crippen LogP contribution in [0, 0.1) is 0 Å². The molecule has 1 aliphatic rings. The van der Waals surface area contributed by atoms with E-state index in [0.29, 0.717) is 17.6 Å². The van der Waals surface area contributed by atoms with Crippen LogP contribution in [0.15, 0.2) is 35.3 Å². The molecule has 0 saturated carbocycles. The molecular weight excluding hydrogens is 324 g/mol. The molecule has 6 heteroatoms. The van der Waals surface area contributed by atoms with Crippen molar-refractivity contribution < 1.29 is 14.7 Å². The molecule has 2 rings (SSSR count). The highest BCUT2D eigenvalue weighted by molar-refractivity contribution is 9.11. The zero-order valence-electron chi connectivity index (χ0n) is 10.8. The number of rotatable bonds is 3. The molecule has 2 N–H and O–H groups in total. The average Bonchev–Trinajstić information content (AvgIpc) is 2.43. The highest BCUT2D eigenvalue weighted by Crippen LogP contribution is 2.28. The smallest absolute Gasteiger partial charge is 0.318 e. The summed E-state index contributed by atoms with van der Waals surface area (Å²) in [5.41, 5.74) is 1.66. The van der Waals surface area contributed by atoms with Crippen molar-refractivity contribution in [2.75, 3.05) is 13.1 Å². The van der Waals surface area contributed by atoms with Crippen LogP contribution in [0.1, 0.15) is 17.0 Å². The number of hydrogen-bond acceptors (Lipinski definition) is 2. The Morgan fingerprint density at radius 2 is 2.15 bits per heavy atom. The summed E-state index contributed by atoms with van der Waals surface area (Å²) in [6.45, 7) is 4.55. The molecule has 1 unspecified atom stereocenters.